The van der Waals surface area contributed by atoms with E-state index in [1.165, 1.54) is 0 Å². The molecule has 0 saturated carbocycles. The van der Waals surface area contributed by atoms with Crippen LogP contribution in [0.5, 0.6) is 5.75 Å². The van der Waals surface area contributed by atoms with Crippen molar-refractivity contribution in [1.82, 2.24) is 0 Å². The second-order valence-corrected chi connectivity index (χ2v) is 6.46. The molecule has 0 aliphatic heterocycles. The normalized spacial score (nSPS) is 11.8. The van der Waals surface area contributed by atoms with Crippen molar-refractivity contribution >= 4 is 43.5 Å². The second-order valence-electron chi connectivity index (χ2n) is 4.69. The van der Waals surface area contributed by atoms with Crippen molar-refractivity contribution in [2.24, 2.45) is 0 Å². The molecule has 5 heteroatoms. The number of amides is 1. The largest absolute Gasteiger partial charge is 0.481 e. The number of halogens is 2. The van der Waals surface area contributed by atoms with E-state index in [4.69, 9.17) is 4.74 Å². The number of ether oxygens (including phenoxy) is 1. The summed E-state index contributed by atoms with van der Waals surface area (Å²) in [6, 6.07) is 13.2. The van der Waals surface area contributed by atoms with Gasteiger partial charge in [-0.25, -0.2) is 0 Å². The first kappa shape index (κ1) is 16.0. The number of carbonyl (C=O) groups is 1. The molecule has 2 aromatic carbocycles. The van der Waals surface area contributed by atoms with Crippen molar-refractivity contribution in [1.29, 1.82) is 0 Å². The third-order valence-corrected chi connectivity index (χ3v) is 4.01. The minimum atomic E-state index is -0.581. The van der Waals surface area contributed by atoms with Gasteiger partial charge < -0.3 is 10.1 Å². The number of benzene rings is 2. The first-order valence-electron chi connectivity index (χ1n) is 6.45. The predicted octanol–water partition coefficient (Wildman–Crippen LogP) is 4.93. The molecule has 3 nitrogen and oxygen atoms in total. The molecular formula is C16H15Br2NO2. The van der Waals surface area contributed by atoms with Gasteiger partial charge in [0.05, 0.1) is 5.69 Å². The summed E-state index contributed by atoms with van der Waals surface area (Å²) in [5.41, 5.74) is 1.80. The average Bonchev–Trinajstić information content (AvgIpc) is 2.41. The van der Waals surface area contributed by atoms with Gasteiger partial charge in [0.1, 0.15) is 5.75 Å². The molecule has 0 aliphatic carbocycles. The Hall–Kier alpha value is -1.33. The van der Waals surface area contributed by atoms with Gasteiger partial charge in [0.2, 0.25) is 0 Å². The lowest BCUT2D eigenvalue weighted by Gasteiger charge is -2.15. The Morgan fingerprint density at radius 1 is 1.19 bits per heavy atom. The predicted molar refractivity (Wildman–Crippen MR) is 91.7 cm³/mol. The van der Waals surface area contributed by atoms with Gasteiger partial charge in [-0.15, -0.1) is 0 Å². The molecule has 0 radical (unpaired) electrons. The van der Waals surface area contributed by atoms with E-state index in [1.807, 2.05) is 49.4 Å². The smallest absolute Gasteiger partial charge is 0.265 e. The summed E-state index contributed by atoms with van der Waals surface area (Å²) >= 11 is 6.79. The van der Waals surface area contributed by atoms with Crippen molar-refractivity contribution in [2.45, 2.75) is 20.0 Å². The van der Waals surface area contributed by atoms with E-state index in [1.54, 1.807) is 6.92 Å². The molecule has 0 aliphatic rings. The number of rotatable bonds is 4. The highest BCUT2D eigenvalue weighted by Crippen LogP contribution is 2.26. The van der Waals surface area contributed by atoms with E-state index < -0.39 is 6.10 Å². The number of carbonyl (C=O) groups excluding carboxylic acids is 1. The van der Waals surface area contributed by atoms with Gasteiger partial charge in [-0.3, -0.25) is 4.79 Å². The topological polar surface area (TPSA) is 38.3 Å². The summed E-state index contributed by atoms with van der Waals surface area (Å²) in [5.74, 6) is 0.493. The van der Waals surface area contributed by atoms with Crippen LogP contribution in [0, 0.1) is 6.92 Å². The lowest BCUT2D eigenvalue weighted by atomic mass is 10.2. The lowest BCUT2D eigenvalue weighted by Crippen LogP contribution is -2.30. The van der Waals surface area contributed by atoms with Crippen LogP contribution in [-0.4, -0.2) is 12.0 Å². The molecule has 0 unspecified atom stereocenters. The molecule has 0 aromatic heterocycles. The zero-order valence-electron chi connectivity index (χ0n) is 11.7. The van der Waals surface area contributed by atoms with Crippen LogP contribution in [0.1, 0.15) is 12.5 Å². The van der Waals surface area contributed by atoms with Crippen LogP contribution >= 0.6 is 31.9 Å². The molecule has 0 bridgehead atoms. The Balaban J connectivity index is 2.02. The summed E-state index contributed by atoms with van der Waals surface area (Å²) in [4.78, 5) is 12.2. The monoisotopic (exact) mass is 411 g/mol. The van der Waals surface area contributed by atoms with Crippen LogP contribution in [0.2, 0.25) is 0 Å². The maximum Gasteiger partial charge on any atom is 0.265 e. The number of hydrogen-bond acceptors (Lipinski definition) is 2. The standard InChI is InChI=1S/C16H15Br2NO2/c1-10-4-3-5-13(8-10)21-11(2)16(20)19-15-7-6-12(17)9-14(15)18/h3-9,11H,1-2H3,(H,19,20)/t11-/m0/s1. The van der Waals surface area contributed by atoms with Gasteiger partial charge in [-0.2, -0.15) is 0 Å². The minimum Gasteiger partial charge on any atom is -0.481 e. The van der Waals surface area contributed by atoms with Crippen molar-refractivity contribution < 1.29 is 9.53 Å². The number of hydrogen-bond donors (Lipinski definition) is 1. The zero-order chi connectivity index (χ0) is 15.4. The summed E-state index contributed by atoms with van der Waals surface area (Å²) in [7, 11) is 0. The molecule has 2 rings (SSSR count). The average molecular weight is 413 g/mol. The van der Waals surface area contributed by atoms with Crippen LogP contribution < -0.4 is 10.1 Å². The van der Waals surface area contributed by atoms with Crippen molar-refractivity contribution in [3.63, 3.8) is 0 Å². The Kier molecular flexibility index (Phi) is 5.42. The SMILES string of the molecule is Cc1cccc(O[C@@H](C)C(=O)Nc2ccc(Br)cc2Br)c1. The highest BCUT2D eigenvalue weighted by molar-refractivity contribution is 9.11. The molecule has 110 valence electrons. The van der Waals surface area contributed by atoms with E-state index in [2.05, 4.69) is 37.2 Å². The Morgan fingerprint density at radius 3 is 2.62 bits per heavy atom. The molecule has 1 atom stereocenters. The number of nitrogens with one attached hydrogen (secondary N) is 1. The third kappa shape index (κ3) is 4.58. The minimum absolute atomic E-state index is 0.195. The van der Waals surface area contributed by atoms with Crippen molar-refractivity contribution in [3.05, 3.63) is 57.0 Å². The second kappa shape index (κ2) is 7.09. The molecule has 0 heterocycles. The number of anilines is 1. The fourth-order valence-corrected chi connectivity index (χ4v) is 2.92. The van der Waals surface area contributed by atoms with Gasteiger partial charge in [-0.05, 0) is 65.7 Å². The highest BCUT2D eigenvalue weighted by atomic mass is 79.9. The van der Waals surface area contributed by atoms with Crippen LogP contribution in [0.3, 0.4) is 0 Å². The molecular weight excluding hydrogens is 398 g/mol. The van der Waals surface area contributed by atoms with Crippen LogP contribution in [0.25, 0.3) is 0 Å². The maximum atomic E-state index is 12.2. The summed E-state index contributed by atoms with van der Waals surface area (Å²) in [5, 5.41) is 2.84. The molecule has 1 amide bonds. The van der Waals surface area contributed by atoms with Gasteiger partial charge in [0.25, 0.3) is 5.91 Å². The summed E-state index contributed by atoms with van der Waals surface area (Å²) in [6.45, 7) is 3.71. The molecule has 0 spiro atoms. The summed E-state index contributed by atoms with van der Waals surface area (Å²) in [6.07, 6.45) is -0.581. The Morgan fingerprint density at radius 2 is 1.95 bits per heavy atom. The fourth-order valence-electron chi connectivity index (χ4n) is 1.77. The zero-order valence-corrected chi connectivity index (χ0v) is 14.9. The van der Waals surface area contributed by atoms with E-state index in [9.17, 15) is 4.79 Å². The van der Waals surface area contributed by atoms with Crippen LogP contribution in [0.4, 0.5) is 5.69 Å². The van der Waals surface area contributed by atoms with E-state index >= 15 is 0 Å². The maximum absolute atomic E-state index is 12.2. The van der Waals surface area contributed by atoms with Gasteiger partial charge >= 0.3 is 0 Å². The van der Waals surface area contributed by atoms with Gasteiger partial charge in [0.15, 0.2) is 6.10 Å². The van der Waals surface area contributed by atoms with E-state index in [0.717, 1.165) is 14.5 Å². The van der Waals surface area contributed by atoms with E-state index in [-0.39, 0.29) is 5.91 Å². The third-order valence-electron chi connectivity index (χ3n) is 2.86. The first-order valence-corrected chi connectivity index (χ1v) is 8.03. The Labute approximate surface area is 141 Å². The molecule has 2 aromatic rings. The number of aryl methyl sites for hydroxylation is 1. The van der Waals surface area contributed by atoms with Gasteiger partial charge in [-0.1, -0.05) is 28.1 Å². The molecule has 1 N–H and O–H groups in total. The summed E-state index contributed by atoms with van der Waals surface area (Å²) < 4.78 is 7.41. The molecule has 0 saturated heterocycles. The van der Waals surface area contributed by atoms with Crippen molar-refractivity contribution in [3.8, 4) is 5.75 Å². The quantitative estimate of drug-likeness (QED) is 0.773. The molecule has 21 heavy (non-hydrogen) atoms. The van der Waals surface area contributed by atoms with Crippen molar-refractivity contribution in [2.75, 3.05) is 5.32 Å². The van der Waals surface area contributed by atoms with Crippen LogP contribution in [-0.2, 0) is 4.79 Å². The highest BCUT2D eigenvalue weighted by Gasteiger charge is 2.16. The molecule has 0 fully saturated rings. The Bertz CT molecular complexity index is 658. The fraction of sp³-hybridized carbons (Fsp3) is 0.188. The van der Waals surface area contributed by atoms with E-state index in [0.29, 0.717) is 11.4 Å². The lowest BCUT2D eigenvalue weighted by molar-refractivity contribution is -0.122. The first-order chi connectivity index (χ1) is 9.95. The van der Waals surface area contributed by atoms with Crippen LogP contribution in [0.15, 0.2) is 51.4 Å². The van der Waals surface area contributed by atoms with Gasteiger partial charge in [0, 0.05) is 8.95 Å².